The van der Waals surface area contributed by atoms with E-state index in [0.29, 0.717) is 0 Å². The Bertz CT molecular complexity index is 279. The van der Waals surface area contributed by atoms with Crippen molar-refractivity contribution in [3.05, 3.63) is 36.5 Å². The molecule has 0 N–H and O–H groups in total. The third kappa shape index (κ3) is 62.7. The number of aliphatic carboxylic acids is 3. The summed E-state index contributed by atoms with van der Waals surface area (Å²) >= 11 is 0. The zero-order valence-electron chi connectivity index (χ0n) is 11.0. The largest absolute Gasteiger partial charge is 3.00 e. The van der Waals surface area contributed by atoms with Crippen molar-refractivity contribution in [2.75, 3.05) is 0 Å². The van der Waals surface area contributed by atoms with Crippen LogP contribution in [0.3, 0.4) is 0 Å². The summed E-state index contributed by atoms with van der Waals surface area (Å²) in [7, 11) is 0. The summed E-state index contributed by atoms with van der Waals surface area (Å²) in [5.74, 6) is -3.42. The van der Waals surface area contributed by atoms with Gasteiger partial charge in [-0.1, -0.05) is 18.2 Å². The van der Waals surface area contributed by atoms with Gasteiger partial charge in [-0.25, -0.2) is 0 Å². The normalized spacial score (nSPS) is 9.00. The zero-order chi connectivity index (χ0) is 15.0. The number of hydrogen-bond acceptors (Lipinski definition) is 6. The molecule has 0 atom stereocenters. The third-order valence-corrected chi connectivity index (χ3v) is 0.908. The topological polar surface area (TPSA) is 120 Å². The third-order valence-electron chi connectivity index (χ3n) is 0.908. The molecule has 0 fully saturated rings. The summed E-state index contributed by atoms with van der Waals surface area (Å²) in [5, 5.41) is 28.2. The van der Waals surface area contributed by atoms with Gasteiger partial charge in [0.2, 0.25) is 0 Å². The molecule has 0 spiro atoms. The minimum atomic E-state index is -1.14. The number of rotatable bonds is 3. The van der Waals surface area contributed by atoms with Gasteiger partial charge in [-0.2, -0.15) is 0 Å². The first-order chi connectivity index (χ1) is 8.31. The van der Waals surface area contributed by atoms with E-state index in [2.05, 4.69) is 0 Å². The van der Waals surface area contributed by atoms with Gasteiger partial charge in [0.15, 0.2) is 0 Å². The van der Waals surface area contributed by atoms with Crippen molar-refractivity contribution in [2.24, 2.45) is 0 Å². The van der Waals surface area contributed by atoms with Crippen LogP contribution < -0.4 is 15.3 Å². The summed E-state index contributed by atoms with van der Waals surface area (Å²) in [5.41, 5.74) is 0. The van der Waals surface area contributed by atoms with Gasteiger partial charge < -0.3 is 29.7 Å². The SMILES string of the molecule is CC=CC(=O)[O-].CC=CC(=O)[O-].CC=CC(=O)[O-].[Ga+3]. The Morgan fingerprint density at radius 2 is 0.789 bits per heavy atom. The second-order valence-electron chi connectivity index (χ2n) is 2.46. The first-order valence-electron chi connectivity index (χ1n) is 4.82. The number of hydrogen-bond donors (Lipinski definition) is 0. The molecule has 0 rings (SSSR count). The first kappa shape index (κ1) is 26.0. The van der Waals surface area contributed by atoms with Gasteiger partial charge >= 0.3 is 19.8 Å². The van der Waals surface area contributed by atoms with Crippen molar-refractivity contribution >= 4 is 37.7 Å². The number of carboxylic acids is 3. The molecular weight excluding hydrogens is 310 g/mol. The molecular formula is C12H15GaO6. The Morgan fingerprint density at radius 1 is 0.632 bits per heavy atom. The molecule has 0 saturated heterocycles. The molecule has 0 aliphatic carbocycles. The van der Waals surface area contributed by atoms with Gasteiger partial charge in [0.05, 0.1) is 17.9 Å². The first-order valence-corrected chi connectivity index (χ1v) is 4.82. The van der Waals surface area contributed by atoms with Crippen LogP contribution in [0, 0.1) is 0 Å². The minimum Gasteiger partial charge on any atom is -0.545 e. The van der Waals surface area contributed by atoms with Crippen molar-refractivity contribution < 1.29 is 29.7 Å². The maximum Gasteiger partial charge on any atom is 3.00 e. The fourth-order valence-corrected chi connectivity index (χ4v) is 0.408. The van der Waals surface area contributed by atoms with E-state index in [1.165, 1.54) is 18.2 Å². The smallest absolute Gasteiger partial charge is 0.545 e. The van der Waals surface area contributed by atoms with Crippen LogP contribution in [0.15, 0.2) is 36.5 Å². The molecule has 0 aliphatic rings. The van der Waals surface area contributed by atoms with Crippen molar-refractivity contribution in [3.8, 4) is 0 Å². The van der Waals surface area contributed by atoms with Gasteiger partial charge in [0.1, 0.15) is 0 Å². The predicted molar refractivity (Wildman–Crippen MR) is 65.2 cm³/mol. The van der Waals surface area contributed by atoms with Crippen molar-refractivity contribution in [1.29, 1.82) is 0 Å². The maximum atomic E-state index is 9.40. The zero-order valence-corrected chi connectivity index (χ0v) is 13.4. The molecule has 7 heteroatoms. The van der Waals surface area contributed by atoms with Crippen LogP contribution in [0.5, 0.6) is 0 Å². The Kier molecular flexibility index (Phi) is 29.4. The number of carbonyl (C=O) groups excluding carboxylic acids is 3. The van der Waals surface area contributed by atoms with E-state index in [1.54, 1.807) is 20.8 Å². The van der Waals surface area contributed by atoms with Gasteiger partial charge in [-0.15, -0.1) is 0 Å². The standard InChI is InChI=1S/3C4H6O2.Ga/c3*1-2-3-4(5)6;/h3*2-3H,1H3,(H,5,6);/q;;;+3/p-3. The second kappa shape index (κ2) is 21.5. The molecule has 0 radical (unpaired) electrons. The minimum absolute atomic E-state index is 0. The second-order valence-corrected chi connectivity index (χ2v) is 2.46. The summed E-state index contributed by atoms with van der Waals surface area (Å²) in [6.45, 7) is 4.86. The van der Waals surface area contributed by atoms with E-state index in [-0.39, 0.29) is 19.8 Å². The van der Waals surface area contributed by atoms with Crippen LogP contribution in [0.1, 0.15) is 20.8 Å². The molecule has 102 valence electrons. The Balaban J connectivity index is -0.0000000865. The number of allylic oxidation sites excluding steroid dienone is 3. The quantitative estimate of drug-likeness (QED) is 0.420. The summed E-state index contributed by atoms with van der Waals surface area (Å²) < 4.78 is 0. The molecule has 6 nitrogen and oxygen atoms in total. The van der Waals surface area contributed by atoms with Crippen molar-refractivity contribution in [1.82, 2.24) is 0 Å². The van der Waals surface area contributed by atoms with Crippen molar-refractivity contribution in [3.63, 3.8) is 0 Å². The number of carboxylic acid groups (broad SMARTS) is 3. The van der Waals surface area contributed by atoms with Gasteiger partial charge in [0, 0.05) is 0 Å². The molecule has 0 aliphatic heterocycles. The van der Waals surface area contributed by atoms with Gasteiger partial charge in [0.25, 0.3) is 0 Å². The Morgan fingerprint density at radius 3 is 0.789 bits per heavy atom. The van der Waals surface area contributed by atoms with Gasteiger partial charge in [-0.3, -0.25) is 0 Å². The average molecular weight is 325 g/mol. The average Bonchev–Trinajstić information content (AvgIpc) is 2.18. The summed E-state index contributed by atoms with van der Waals surface area (Å²) in [6, 6.07) is 0. The van der Waals surface area contributed by atoms with E-state index in [0.717, 1.165) is 18.2 Å². The van der Waals surface area contributed by atoms with Crippen LogP contribution in [0.25, 0.3) is 0 Å². The molecule has 0 saturated carbocycles. The van der Waals surface area contributed by atoms with E-state index in [1.807, 2.05) is 0 Å². The van der Waals surface area contributed by atoms with Crippen LogP contribution >= 0.6 is 0 Å². The Labute approximate surface area is 125 Å². The molecule has 0 aromatic heterocycles. The predicted octanol–water partition coefficient (Wildman–Crippen LogP) is -2.44. The molecule has 0 aromatic carbocycles. The van der Waals surface area contributed by atoms with Crippen LogP contribution in [-0.2, 0) is 14.4 Å². The van der Waals surface area contributed by atoms with Crippen LogP contribution in [0.2, 0.25) is 0 Å². The molecule has 0 bridgehead atoms. The Hall–Kier alpha value is -1.73. The van der Waals surface area contributed by atoms with Crippen LogP contribution in [-0.4, -0.2) is 37.7 Å². The fraction of sp³-hybridized carbons (Fsp3) is 0.250. The molecule has 0 heterocycles. The summed E-state index contributed by atoms with van der Waals surface area (Å²) in [4.78, 5) is 28.2. The van der Waals surface area contributed by atoms with Gasteiger partial charge in [-0.05, 0) is 39.0 Å². The molecule has 0 unspecified atom stereocenters. The monoisotopic (exact) mass is 324 g/mol. The van der Waals surface area contributed by atoms with E-state index >= 15 is 0 Å². The van der Waals surface area contributed by atoms with E-state index in [9.17, 15) is 29.7 Å². The van der Waals surface area contributed by atoms with E-state index < -0.39 is 17.9 Å². The van der Waals surface area contributed by atoms with Crippen LogP contribution in [0.4, 0.5) is 0 Å². The van der Waals surface area contributed by atoms with Crippen molar-refractivity contribution in [2.45, 2.75) is 20.8 Å². The molecule has 0 aromatic rings. The molecule has 0 amide bonds. The molecule has 19 heavy (non-hydrogen) atoms. The maximum absolute atomic E-state index is 9.40. The fourth-order valence-electron chi connectivity index (χ4n) is 0.408. The number of carbonyl (C=O) groups is 3. The summed E-state index contributed by atoms with van der Waals surface area (Å²) in [6.07, 6.45) is 7.15. The van der Waals surface area contributed by atoms with E-state index in [4.69, 9.17) is 0 Å².